The van der Waals surface area contributed by atoms with Crippen molar-refractivity contribution in [3.05, 3.63) is 24.2 Å². The van der Waals surface area contributed by atoms with Crippen LogP contribution in [0.25, 0.3) is 0 Å². The Hall–Kier alpha value is -0.800. The van der Waals surface area contributed by atoms with Gasteiger partial charge in [0.1, 0.15) is 0 Å². The van der Waals surface area contributed by atoms with Crippen LogP contribution in [0.15, 0.2) is 23.0 Å². The Kier molecular flexibility index (Phi) is 5.43. The molecule has 0 spiro atoms. The van der Waals surface area contributed by atoms with Crippen LogP contribution in [0, 0.1) is 0 Å². The number of nitrogens with one attached hydrogen (secondary N) is 1. The average Bonchev–Trinajstić information content (AvgIpc) is 2.70. The lowest BCUT2D eigenvalue weighted by Crippen LogP contribution is -2.29. The van der Waals surface area contributed by atoms with E-state index in [4.69, 9.17) is 4.42 Å². The lowest BCUT2D eigenvalue weighted by molar-refractivity contribution is 0.234. The molecule has 1 N–H and O–H groups in total. The highest BCUT2D eigenvalue weighted by Crippen LogP contribution is 2.09. The zero-order chi connectivity index (χ0) is 11.1. The molecular formula is C12H22N2O. The van der Waals surface area contributed by atoms with Crippen molar-refractivity contribution in [3.63, 3.8) is 0 Å². The Morgan fingerprint density at radius 2 is 2.33 bits per heavy atom. The molecule has 1 rings (SSSR count). The number of hydrogen-bond acceptors (Lipinski definition) is 3. The van der Waals surface area contributed by atoms with Crippen LogP contribution in [0.3, 0.4) is 0 Å². The van der Waals surface area contributed by atoms with E-state index in [1.165, 1.54) is 18.4 Å². The van der Waals surface area contributed by atoms with Crippen molar-refractivity contribution < 1.29 is 4.42 Å². The average molecular weight is 210 g/mol. The Morgan fingerprint density at radius 3 is 2.93 bits per heavy atom. The molecule has 0 amide bonds. The first-order valence-electron chi connectivity index (χ1n) is 5.60. The summed E-state index contributed by atoms with van der Waals surface area (Å²) in [4.78, 5) is 2.36. The molecule has 3 nitrogen and oxygen atoms in total. The first-order valence-corrected chi connectivity index (χ1v) is 5.60. The summed E-state index contributed by atoms with van der Waals surface area (Å²) < 4.78 is 5.06. The molecule has 1 heterocycles. The molecule has 3 heteroatoms. The van der Waals surface area contributed by atoms with Crippen molar-refractivity contribution in [2.24, 2.45) is 0 Å². The highest BCUT2D eigenvalue weighted by Gasteiger charge is 2.09. The monoisotopic (exact) mass is 210 g/mol. The molecule has 1 aromatic heterocycles. The minimum Gasteiger partial charge on any atom is -0.472 e. The maximum atomic E-state index is 5.06. The Labute approximate surface area is 92.5 Å². The standard InChI is InChI=1S/C12H22N2O/c1-11(5-4-7-13-2)14(3)9-12-6-8-15-10-12/h6,8,10-11,13H,4-5,7,9H2,1-3H3. The molecule has 0 radical (unpaired) electrons. The Balaban J connectivity index is 2.23. The molecule has 0 aliphatic heterocycles. The van der Waals surface area contributed by atoms with Gasteiger partial charge < -0.3 is 9.73 Å². The molecule has 1 atom stereocenters. The van der Waals surface area contributed by atoms with Gasteiger partial charge in [0.05, 0.1) is 12.5 Å². The van der Waals surface area contributed by atoms with Gasteiger partial charge in [-0.25, -0.2) is 0 Å². The minimum absolute atomic E-state index is 0.619. The van der Waals surface area contributed by atoms with E-state index in [-0.39, 0.29) is 0 Å². The van der Waals surface area contributed by atoms with Crippen LogP contribution in [-0.2, 0) is 6.54 Å². The van der Waals surface area contributed by atoms with Crippen molar-refractivity contribution in [1.29, 1.82) is 0 Å². The maximum Gasteiger partial charge on any atom is 0.0947 e. The molecule has 15 heavy (non-hydrogen) atoms. The predicted molar refractivity (Wildman–Crippen MR) is 62.8 cm³/mol. The molecule has 0 saturated carbocycles. The SMILES string of the molecule is CNCCCC(C)N(C)Cc1ccoc1. The molecule has 1 aromatic rings. The molecule has 0 fully saturated rings. The van der Waals surface area contributed by atoms with Crippen molar-refractivity contribution in [3.8, 4) is 0 Å². The van der Waals surface area contributed by atoms with Crippen LogP contribution in [0.1, 0.15) is 25.3 Å². The molecule has 0 aliphatic carbocycles. The second-order valence-corrected chi connectivity index (χ2v) is 4.14. The van der Waals surface area contributed by atoms with E-state index >= 15 is 0 Å². The van der Waals surface area contributed by atoms with E-state index in [2.05, 4.69) is 24.2 Å². The second-order valence-electron chi connectivity index (χ2n) is 4.14. The van der Waals surface area contributed by atoms with Gasteiger partial charge in [-0.1, -0.05) is 0 Å². The van der Waals surface area contributed by atoms with E-state index in [9.17, 15) is 0 Å². The molecule has 0 aromatic carbocycles. The summed E-state index contributed by atoms with van der Waals surface area (Å²) in [5, 5.41) is 3.17. The van der Waals surface area contributed by atoms with Crippen molar-refractivity contribution in [1.82, 2.24) is 10.2 Å². The van der Waals surface area contributed by atoms with Gasteiger partial charge >= 0.3 is 0 Å². The van der Waals surface area contributed by atoms with E-state index in [1.54, 1.807) is 6.26 Å². The zero-order valence-corrected chi connectivity index (χ0v) is 9.99. The van der Waals surface area contributed by atoms with Gasteiger partial charge in [-0.15, -0.1) is 0 Å². The van der Waals surface area contributed by atoms with Crippen LogP contribution >= 0.6 is 0 Å². The molecule has 0 aliphatic rings. The van der Waals surface area contributed by atoms with Crippen LogP contribution in [-0.4, -0.2) is 31.6 Å². The van der Waals surface area contributed by atoms with Crippen molar-refractivity contribution in [2.45, 2.75) is 32.4 Å². The van der Waals surface area contributed by atoms with Gasteiger partial charge in [0.25, 0.3) is 0 Å². The fourth-order valence-electron chi connectivity index (χ4n) is 1.62. The summed E-state index contributed by atoms with van der Waals surface area (Å²) in [6.45, 7) is 4.34. The summed E-state index contributed by atoms with van der Waals surface area (Å²) >= 11 is 0. The topological polar surface area (TPSA) is 28.4 Å². The summed E-state index contributed by atoms with van der Waals surface area (Å²) in [5.41, 5.74) is 1.25. The Morgan fingerprint density at radius 1 is 1.53 bits per heavy atom. The Bertz CT molecular complexity index is 246. The molecule has 86 valence electrons. The third-order valence-electron chi connectivity index (χ3n) is 2.81. The third kappa shape index (κ3) is 4.49. The van der Waals surface area contributed by atoms with Crippen LogP contribution in [0.2, 0.25) is 0 Å². The zero-order valence-electron chi connectivity index (χ0n) is 9.99. The normalized spacial score (nSPS) is 13.3. The van der Waals surface area contributed by atoms with Crippen molar-refractivity contribution >= 4 is 0 Å². The highest BCUT2D eigenvalue weighted by molar-refractivity contribution is 5.04. The lowest BCUT2D eigenvalue weighted by Gasteiger charge is -2.24. The number of rotatable bonds is 7. The lowest BCUT2D eigenvalue weighted by atomic mass is 10.1. The number of furan rings is 1. The fourth-order valence-corrected chi connectivity index (χ4v) is 1.62. The molecule has 1 unspecified atom stereocenters. The van der Waals surface area contributed by atoms with Gasteiger partial charge in [0.2, 0.25) is 0 Å². The second kappa shape index (κ2) is 6.64. The predicted octanol–water partition coefficient (Wildman–Crippen LogP) is 2.10. The van der Waals surface area contributed by atoms with Gasteiger partial charge in [0.15, 0.2) is 0 Å². The molecule has 0 saturated heterocycles. The largest absolute Gasteiger partial charge is 0.472 e. The summed E-state index contributed by atoms with van der Waals surface area (Å²) in [5.74, 6) is 0. The number of hydrogen-bond donors (Lipinski definition) is 1. The van der Waals surface area contributed by atoms with Crippen LogP contribution < -0.4 is 5.32 Å². The highest BCUT2D eigenvalue weighted by atomic mass is 16.3. The van der Waals surface area contributed by atoms with Crippen LogP contribution in [0.4, 0.5) is 0 Å². The maximum absolute atomic E-state index is 5.06. The third-order valence-corrected chi connectivity index (χ3v) is 2.81. The van der Waals surface area contributed by atoms with E-state index in [0.29, 0.717) is 6.04 Å². The first-order chi connectivity index (χ1) is 7.24. The molecular weight excluding hydrogens is 188 g/mol. The van der Waals surface area contributed by atoms with Gasteiger partial charge in [-0.2, -0.15) is 0 Å². The summed E-state index contributed by atoms with van der Waals surface area (Å²) in [6, 6.07) is 2.64. The van der Waals surface area contributed by atoms with E-state index in [1.807, 2.05) is 19.4 Å². The first kappa shape index (κ1) is 12.3. The number of nitrogens with zero attached hydrogens (tertiary/aromatic N) is 1. The van der Waals surface area contributed by atoms with E-state index in [0.717, 1.165) is 13.1 Å². The van der Waals surface area contributed by atoms with Gasteiger partial charge in [-0.05, 0) is 46.5 Å². The van der Waals surface area contributed by atoms with Gasteiger partial charge in [0, 0.05) is 18.2 Å². The van der Waals surface area contributed by atoms with Crippen molar-refractivity contribution in [2.75, 3.05) is 20.6 Å². The van der Waals surface area contributed by atoms with E-state index < -0.39 is 0 Å². The van der Waals surface area contributed by atoms with Crippen LogP contribution in [0.5, 0.6) is 0 Å². The smallest absolute Gasteiger partial charge is 0.0947 e. The molecule has 0 bridgehead atoms. The summed E-state index contributed by atoms with van der Waals surface area (Å²) in [7, 11) is 4.16. The fraction of sp³-hybridized carbons (Fsp3) is 0.667. The summed E-state index contributed by atoms with van der Waals surface area (Å²) in [6.07, 6.45) is 6.01. The minimum atomic E-state index is 0.619. The van der Waals surface area contributed by atoms with Gasteiger partial charge in [-0.3, -0.25) is 4.90 Å². The quantitative estimate of drug-likeness (QED) is 0.699.